The van der Waals surface area contributed by atoms with Crippen molar-refractivity contribution in [2.45, 2.75) is 75.2 Å². The zero-order chi connectivity index (χ0) is 25.0. The van der Waals surface area contributed by atoms with Crippen LogP contribution < -0.4 is 9.46 Å². The van der Waals surface area contributed by atoms with Crippen molar-refractivity contribution in [2.75, 3.05) is 7.11 Å². The van der Waals surface area contributed by atoms with Crippen molar-refractivity contribution in [3.05, 3.63) is 59.2 Å². The van der Waals surface area contributed by atoms with Crippen LogP contribution in [-0.2, 0) is 21.2 Å². The number of methoxy groups -OCH3 is 1. The molecular weight excluding hydrogens is 462 g/mol. The van der Waals surface area contributed by atoms with Gasteiger partial charge < -0.3 is 9.84 Å². The quantitative estimate of drug-likeness (QED) is 0.635. The number of aryl methyl sites for hydroxylation is 2. The molecule has 2 aromatic rings. The fraction of sp³-hybridized carbons (Fsp3) is 0.536. The summed E-state index contributed by atoms with van der Waals surface area (Å²) >= 11 is 0. The predicted molar refractivity (Wildman–Crippen MR) is 134 cm³/mol. The summed E-state index contributed by atoms with van der Waals surface area (Å²) in [6, 6.07) is 12.8. The van der Waals surface area contributed by atoms with E-state index in [-0.39, 0.29) is 11.3 Å². The van der Waals surface area contributed by atoms with E-state index in [9.17, 15) is 18.3 Å². The summed E-state index contributed by atoms with van der Waals surface area (Å²) in [6.07, 6.45) is 5.02. The zero-order valence-corrected chi connectivity index (χ0v) is 21.5. The highest BCUT2D eigenvalue weighted by atomic mass is 32.2. The number of sulfonamides is 1. The zero-order valence-electron chi connectivity index (χ0n) is 20.7. The van der Waals surface area contributed by atoms with E-state index in [1.54, 1.807) is 19.2 Å². The molecule has 2 fully saturated rings. The third-order valence-electron chi connectivity index (χ3n) is 9.29. The second-order valence-electron chi connectivity index (χ2n) is 11.0. The van der Waals surface area contributed by atoms with Crippen molar-refractivity contribution in [1.29, 1.82) is 0 Å². The SMILES string of the molecule is COc1ccc2c(c1)CC[C@@H]1[C@@H]2CC[C@@]2(C)[C@H]1CC[C@@]2(O)CC(=O)NS(=O)(=O)c1ccc(C)cc1. The molecule has 2 aromatic carbocycles. The van der Waals surface area contributed by atoms with Crippen molar-refractivity contribution in [3.63, 3.8) is 0 Å². The fourth-order valence-corrected chi connectivity index (χ4v) is 8.30. The van der Waals surface area contributed by atoms with E-state index >= 15 is 0 Å². The molecule has 2 N–H and O–H groups in total. The van der Waals surface area contributed by atoms with E-state index in [1.807, 2.05) is 13.0 Å². The van der Waals surface area contributed by atoms with Gasteiger partial charge in [-0.1, -0.05) is 30.7 Å². The van der Waals surface area contributed by atoms with Crippen LogP contribution in [-0.4, -0.2) is 32.1 Å². The van der Waals surface area contributed by atoms with Gasteiger partial charge >= 0.3 is 0 Å². The van der Waals surface area contributed by atoms with Crippen LogP contribution in [0.15, 0.2) is 47.4 Å². The molecular formula is C28H35NO5S. The van der Waals surface area contributed by atoms with Gasteiger partial charge in [0, 0.05) is 0 Å². The van der Waals surface area contributed by atoms with Gasteiger partial charge in [0.1, 0.15) is 5.75 Å². The Hall–Kier alpha value is -2.38. The maximum atomic E-state index is 12.9. The van der Waals surface area contributed by atoms with Crippen LogP contribution in [0.2, 0.25) is 0 Å². The van der Waals surface area contributed by atoms with Crippen LogP contribution in [0.1, 0.15) is 68.1 Å². The molecule has 5 rings (SSSR count). The van der Waals surface area contributed by atoms with Crippen LogP contribution in [0.25, 0.3) is 0 Å². The highest BCUT2D eigenvalue weighted by Gasteiger charge is 2.62. The van der Waals surface area contributed by atoms with E-state index < -0.39 is 26.9 Å². The lowest BCUT2D eigenvalue weighted by Gasteiger charge is -2.53. The lowest BCUT2D eigenvalue weighted by atomic mass is 9.53. The van der Waals surface area contributed by atoms with Crippen molar-refractivity contribution in [2.24, 2.45) is 17.3 Å². The minimum absolute atomic E-state index is 0.0527. The molecule has 0 saturated heterocycles. The highest BCUT2D eigenvalue weighted by Crippen LogP contribution is 2.65. The van der Waals surface area contributed by atoms with Gasteiger partial charge in [0.25, 0.3) is 10.0 Å². The minimum Gasteiger partial charge on any atom is -0.497 e. The maximum Gasteiger partial charge on any atom is 0.264 e. The lowest BCUT2D eigenvalue weighted by Crippen LogP contribution is -2.52. The van der Waals surface area contributed by atoms with Gasteiger partial charge in [-0.05, 0) is 104 Å². The van der Waals surface area contributed by atoms with Crippen LogP contribution >= 0.6 is 0 Å². The largest absolute Gasteiger partial charge is 0.497 e. The molecule has 0 bridgehead atoms. The Kier molecular flexibility index (Phi) is 5.99. The Morgan fingerprint density at radius 2 is 1.86 bits per heavy atom. The van der Waals surface area contributed by atoms with Gasteiger partial charge in [0.15, 0.2) is 0 Å². The minimum atomic E-state index is -3.97. The molecule has 0 spiro atoms. The molecule has 0 aliphatic heterocycles. The van der Waals surface area contributed by atoms with Crippen LogP contribution in [0.3, 0.4) is 0 Å². The molecule has 7 heteroatoms. The maximum absolute atomic E-state index is 12.9. The predicted octanol–water partition coefficient (Wildman–Crippen LogP) is 4.49. The topological polar surface area (TPSA) is 92.7 Å². The number of amides is 1. The number of rotatable bonds is 5. The molecule has 1 amide bonds. The number of carbonyl (C=O) groups excluding carboxylic acids is 1. The van der Waals surface area contributed by atoms with Crippen LogP contribution in [0, 0.1) is 24.2 Å². The summed E-state index contributed by atoms with van der Waals surface area (Å²) in [5.74, 6) is 1.48. The summed E-state index contributed by atoms with van der Waals surface area (Å²) in [4.78, 5) is 13.0. The third kappa shape index (κ3) is 4.06. The number of aliphatic hydroxyl groups is 1. The first-order valence-electron chi connectivity index (χ1n) is 12.6. The fourth-order valence-electron chi connectivity index (χ4n) is 7.31. The number of hydrogen-bond donors (Lipinski definition) is 2. The number of hydrogen-bond acceptors (Lipinski definition) is 5. The van der Waals surface area contributed by atoms with Crippen molar-refractivity contribution < 1.29 is 23.1 Å². The summed E-state index contributed by atoms with van der Waals surface area (Å²) in [5, 5.41) is 11.8. The second-order valence-corrected chi connectivity index (χ2v) is 12.7. The molecule has 6 nitrogen and oxygen atoms in total. The normalized spacial score (nSPS) is 31.7. The van der Waals surface area contributed by atoms with Gasteiger partial charge in [-0.15, -0.1) is 0 Å². The smallest absolute Gasteiger partial charge is 0.264 e. The number of carbonyl (C=O) groups is 1. The Morgan fingerprint density at radius 3 is 2.57 bits per heavy atom. The number of benzene rings is 2. The molecule has 3 aliphatic rings. The Bertz CT molecular complexity index is 1240. The van der Waals surface area contributed by atoms with Gasteiger partial charge in [-0.2, -0.15) is 0 Å². The molecule has 188 valence electrons. The number of nitrogens with one attached hydrogen (secondary N) is 1. The van der Waals surface area contributed by atoms with Gasteiger partial charge in [-0.25, -0.2) is 13.1 Å². The Balaban J connectivity index is 1.33. The molecule has 3 aliphatic carbocycles. The van der Waals surface area contributed by atoms with Gasteiger partial charge in [-0.3, -0.25) is 4.79 Å². The molecule has 2 saturated carbocycles. The molecule has 0 radical (unpaired) electrons. The summed E-state index contributed by atoms with van der Waals surface area (Å²) in [7, 11) is -2.28. The first-order chi connectivity index (χ1) is 16.6. The number of fused-ring (bicyclic) bond motifs is 5. The van der Waals surface area contributed by atoms with Gasteiger partial charge in [0.05, 0.1) is 24.0 Å². The van der Waals surface area contributed by atoms with E-state index in [0.29, 0.717) is 24.2 Å². The highest BCUT2D eigenvalue weighted by molar-refractivity contribution is 7.90. The standard InChI is InChI=1S/C28H35NO5S/c1-18-4-8-21(9-5-18)35(32,33)29-26(30)17-28(31)15-13-25-24-10-6-19-16-20(34-3)7-11-22(19)23(24)12-14-27(25,28)2/h4-5,7-9,11,16,23-25,31H,6,10,12-15,17H2,1-3H3,(H,29,30)/t23-,24-,25+,27+,28-/m1/s1. The van der Waals surface area contributed by atoms with Gasteiger partial charge in [0.2, 0.25) is 5.91 Å². The molecule has 5 atom stereocenters. The average molecular weight is 498 g/mol. The molecule has 0 heterocycles. The van der Waals surface area contributed by atoms with E-state index in [1.165, 1.54) is 23.3 Å². The Morgan fingerprint density at radius 1 is 1.11 bits per heavy atom. The summed E-state index contributed by atoms with van der Waals surface area (Å²) in [6.45, 7) is 3.99. The molecule has 0 aromatic heterocycles. The van der Waals surface area contributed by atoms with E-state index in [2.05, 4.69) is 23.8 Å². The van der Waals surface area contributed by atoms with Crippen LogP contribution in [0.4, 0.5) is 0 Å². The first kappa shape index (κ1) is 24.3. The van der Waals surface area contributed by atoms with E-state index in [0.717, 1.165) is 43.4 Å². The molecule has 0 unspecified atom stereocenters. The average Bonchev–Trinajstić information content (AvgIpc) is 3.08. The molecule has 35 heavy (non-hydrogen) atoms. The van der Waals surface area contributed by atoms with E-state index in [4.69, 9.17) is 4.74 Å². The van der Waals surface area contributed by atoms with Crippen LogP contribution in [0.5, 0.6) is 5.75 Å². The second kappa shape index (κ2) is 8.63. The number of ether oxygens (including phenoxy) is 1. The monoisotopic (exact) mass is 497 g/mol. The first-order valence-corrected chi connectivity index (χ1v) is 14.1. The van der Waals surface area contributed by atoms with Crippen molar-refractivity contribution >= 4 is 15.9 Å². The van der Waals surface area contributed by atoms with Crippen molar-refractivity contribution in [1.82, 2.24) is 4.72 Å². The lowest BCUT2D eigenvalue weighted by molar-refractivity contribution is -0.138. The third-order valence-corrected chi connectivity index (χ3v) is 10.7. The Labute approximate surface area is 208 Å². The summed E-state index contributed by atoms with van der Waals surface area (Å²) in [5.41, 5.74) is 2.08. The van der Waals surface area contributed by atoms with Crippen molar-refractivity contribution in [3.8, 4) is 5.75 Å². The summed E-state index contributed by atoms with van der Waals surface area (Å²) < 4.78 is 33.1.